The number of hydrogen-bond acceptors (Lipinski definition) is 3. The van der Waals surface area contributed by atoms with Gasteiger partial charge in [0.05, 0.1) is 17.7 Å². The van der Waals surface area contributed by atoms with E-state index < -0.39 is 0 Å². The number of aryl methyl sites for hydroxylation is 2. The van der Waals surface area contributed by atoms with Crippen LogP contribution in [0.3, 0.4) is 0 Å². The zero-order chi connectivity index (χ0) is 20.5. The minimum Gasteiger partial charge on any atom is -0.454 e. The van der Waals surface area contributed by atoms with Gasteiger partial charge in [-0.15, -0.1) is 0 Å². The van der Waals surface area contributed by atoms with Crippen molar-refractivity contribution in [2.24, 2.45) is 0 Å². The molecule has 3 aromatic rings. The lowest BCUT2D eigenvalue weighted by molar-refractivity contribution is -0.115. The lowest BCUT2D eigenvalue weighted by Gasteiger charge is -2.16. The summed E-state index contributed by atoms with van der Waals surface area (Å²) in [6.45, 7) is 3.97. The fourth-order valence-electron chi connectivity index (χ4n) is 3.46. The summed E-state index contributed by atoms with van der Waals surface area (Å²) in [5.41, 5.74) is 4.80. The molecule has 4 rings (SSSR count). The number of carbonyl (C=O) groups is 2. The molecule has 0 radical (unpaired) electrons. The number of nitrogens with one attached hydrogen (secondary N) is 1. The van der Waals surface area contributed by atoms with Gasteiger partial charge in [-0.05, 0) is 55.3 Å². The van der Waals surface area contributed by atoms with Gasteiger partial charge in [-0.1, -0.05) is 35.9 Å². The molecule has 0 unspecified atom stereocenters. The summed E-state index contributed by atoms with van der Waals surface area (Å²) < 4.78 is 5.99. The molecular weight excluding hydrogens is 364 g/mol. The van der Waals surface area contributed by atoms with E-state index in [1.807, 2.05) is 56.3 Å². The van der Waals surface area contributed by atoms with Crippen molar-refractivity contribution in [2.75, 3.05) is 17.3 Å². The Morgan fingerprint density at radius 2 is 1.72 bits per heavy atom. The molecule has 0 bridgehead atoms. The molecule has 146 valence electrons. The molecule has 0 aliphatic carbocycles. The van der Waals surface area contributed by atoms with E-state index in [-0.39, 0.29) is 18.2 Å². The first-order chi connectivity index (χ1) is 13.9. The SMILES string of the molecule is Cc1cccc(CC(=O)Nc2ccc3c(c2)C(=O)N(C)c2cc(C)ccc2O3)c1. The van der Waals surface area contributed by atoms with Crippen LogP contribution in [0.1, 0.15) is 27.0 Å². The molecule has 0 saturated carbocycles. The number of nitrogens with zero attached hydrogens (tertiary/aromatic N) is 1. The fourth-order valence-corrected chi connectivity index (χ4v) is 3.46. The molecule has 1 heterocycles. The molecule has 1 aliphatic heterocycles. The number of amides is 2. The molecule has 29 heavy (non-hydrogen) atoms. The molecule has 0 spiro atoms. The van der Waals surface area contributed by atoms with E-state index in [2.05, 4.69) is 5.32 Å². The van der Waals surface area contributed by atoms with Crippen molar-refractivity contribution in [3.63, 3.8) is 0 Å². The Morgan fingerprint density at radius 1 is 0.966 bits per heavy atom. The van der Waals surface area contributed by atoms with Gasteiger partial charge in [0.1, 0.15) is 5.75 Å². The van der Waals surface area contributed by atoms with Crippen molar-refractivity contribution in [3.8, 4) is 11.5 Å². The molecule has 3 aromatic carbocycles. The summed E-state index contributed by atoms with van der Waals surface area (Å²) in [7, 11) is 1.72. The first-order valence-electron chi connectivity index (χ1n) is 9.47. The number of ether oxygens (including phenoxy) is 1. The Kier molecular flexibility index (Phi) is 4.80. The summed E-state index contributed by atoms with van der Waals surface area (Å²) in [6.07, 6.45) is 0.272. The highest BCUT2D eigenvalue weighted by Crippen LogP contribution is 2.39. The van der Waals surface area contributed by atoms with Crippen molar-refractivity contribution >= 4 is 23.2 Å². The van der Waals surface area contributed by atoms with Gasteiger partial charge in [0.15, 0.2) is 5.75 Å². The van der Waals surface area contributed by atoms with Gasteiger partial charge in [-0.3, -0.25) is 9.59 Å². The first kappa shape index (κ1) is 18.7. The van der Waals surface area contributed by atoms with E-state index in [1.54, 1.807) is 30.1 Å². The highest BCUT2D eigenvalue weighted by molar-refractivity contribution is 6.10. The summed E-state index contributed by atoms with van der Waals surface area (Å²) in [4.78, 5) is 27.0. The van der Waals surface area contributed by atoms with E-state index >= 15 is 0 Å². The number of fused-ring (bicyclic) bond motifs is 2. The first-order valence-corrected chi connectivity index (χ1v) is 9.47. The maximum atomic E-state index is 13.0. The van der Waals surface area contributed by atoms with Crippen LogP contribution >= 0.6 is 0 Å². The van der Waals surface area contributed by atoms with Crippen LogP contribution in [0.4, 0.5) is 11.4 Å². The Morgan fingerprint density at radius 3 is 2.52 bits per heavy atom. The van der Waals surface area contributed by atoms with Crippen molar-refractivity contribution in [3.05, 3.63) is 82.9 Å². The summed E-state index contributed by atoms with van der Waals surface area (Å²) in [6, 6.07) is 18.7. The van der Waals surface area contributed by atoms with Gasteiger partial charge in [-0.25, -0.2) is 0 Å². The largest absolute Gasteiger partial charge is 0.454 e. The van der Waals surface area contributed by atoms with E-state index in [1.165, 1.54) is 0 Å². The maximum absolute atomic E-state index is 13.0. The number of carbonyl (C=O) groups excluding carboxylic acids is 2. The van der Waals surface area contributed by atoms with Crippen LogP contribution in [-0.4, -0.2) is 18.9 Å². The van der Waals surface area contributed by atoms with Crippen LogP contribution in [0.5, 0.6) is 11.5 Å². The van der Waals surface area contributed by atoms with Crippen molar-refractivity contribution in [1.82, 2.24) is 0 Å². The highest BCUT2D eigenvalue weighted by atomic mass is 16.5. The van der Waals surface area contributed by atoms with Gasteiger partial charge >= 0.3 is 0 Å². The Bertz CT molecular complexity index is 1120. The van der Waals surface area contributed by atoms with Gasteiger partial charge in [0.25, 0.3) is 5.91 Å². The standard InChI is InChI=1S/C24H22N2O3/c1-15-5-4-6-17(11-15)13-23(27)25-18-8-10-21-19(14-18)24(28)26(3)20-12-16(2)7-9-22(20)29-21/h4-12,14H,13H2,1-3H3,(H,25,27). The summed E-state index contributed by atoms with van der Waals surface area (Å²) in [5.74, 6) is 0.784. The molecule has 0 aromatic heterocycles. The normalized spacial score (nSPS) is 12.5. The highest BCUT2D eigenvalue weighted by Gasteiger charge is 2.26. The second kappa shape index (κ2) is 7.43. The molecule has 5 heteroatoms. The maximum Gasteiger partial charge on any atom is 0.261 e. The molecular formula is C24H22N2O3. The van der Waals surface area contributed by atoms with Gasteiger partial charge < -0.3 is 15.0 Å². The minimum atomic E-state index is -0.181. The number of benzene rings is 3. The van der Waals surface area contributed by atoms with Crippen LogP contribution in [0, 0.1) is 13.8 Å². The van der Waals surface area contributed by atoms with E-state index in [0.717, 1.165) is 22.4 Å². The monoisotopic (exact) mass is 386 g/mol. The van der Waals surface area contributed by atoms with E-state index in [0.29, 0.717) is 22.7 Å². The molecule has 1 N–H and O–H groups in total. The van der Waals surface area contributed by atoms with Crippen LogP contribution in [-0.2, 0) is 11.2 Å². The lowest BCUT2D eigenvalue weighted by Crippen LogP contribution is -2.25. The smallest absolute Gasteiger partial charge is 0.261 e. The Balaban J connectivity index is 1.58. The Labute approximate surface area is 169 Å². The third-order valence-electron chi connectivity index (χ3n) is 4.94. The van der Waals surface area contributed by atoms with Crippen LogP contribution in [0.2, 0.25) is 0 Å². The number of hydrogen-bond donors (Lipinski definition) is 1. The van der Waals surface area contributed by atoms with Gasteiger partial charge in [0, 0.05) is 12.7 Å². The second-order valence-corrected chi connectivity index (χ2v) is 7.36. The zero-order valence-corrected chi connectivity index (χ0v) is 16.7. The number of rotatable bonds is 3. The molecule has 0 fully saturated rings. The predicted molar refractivity (Wildman–Crippen MR) is 114 cm³/mol. The zero-order valence-electron chi connectivity index (χ0n) is 16.7. The quantitative estimate of drug-likeness (QED) is 0.699. The predicted octanol–water partition coefficient (Wildman–Crippen LogP) is 4.87. The molecule has 0 saturated heterocycles. The number of anilines is 2. The third kappa shape index (κ3) is 3.85. The molecule has 2 amide bonds. The second-order valence-electron chi connectivity index (χ2n) is 7.36. The fraction of sp³-hybridized carbons (Fsp3) is 0.167. The van der Waals surface area contributed by atoms with Crippen molar-refractivity contribution in [1.29, 1.82) is 0 Å². The van der Waals surface area contributed by atoms with Crippen molar-refractivity contribution < 1.29 is 14.3 Å². The van der Waals surface area contributed by atoms with Crippen LogP contribution < -0.4 is 15.0 Å². The lowest BCUT2D eigenvalue weighted by atomic mass is 10.1. The van der Waals surface area contributed by atoms with Crippen LogP contribution in [0.15, 0.2) is 60.7 Å². The Hall–Kier alpha value is -3.60. The molecule has 1 aliphatic rings. The minimum absolute atomic E-state index is 0.134. The average Bonchev–Trinajstić information content (AvgIpc) is 2.78. The van der Waals surface area contributed by atoms with Gasteiger partial charge in [-0.2, -0.15) is 0 Å². The molecule has 5 nitrogen and oxygen atoms in total. The topological polar surface area (TPSA) is 58.6 Å². The van der Waals surface area contributed by atoms with E-state index in [9.17, 15) is 9.59 Å². The van der Waals surface area contributed by atoms with Gasteiger partial charge in [0.2, 0.25) is 5.91 Å². The third-order valence-corrected chi connectivity index (χ3v) is 4.94. The molecule has 0 atom stereocenters. The summed E-state index contributed by atoms with van der Waals surface area (Å²) >= 11 is 0. The summed E-state index contributed by atoms with van der Waals surface area (Å²) in [5, 5.41) is 2.88. The average molecular weight is 386 g/mol. The van der Waals surface area contributed by atoms with Crippen LogP contribution in [0.25, 0.3) is 0 Å². The van der Waals surface area contributed by atoms with E-state index in [4.69, 9.17) is 4.74 Å². The van der Waals surface area contributed by atoms with Crippen molar-refractivity contribution in [2.45, 2.75) is 20.3 Å².